The van der Waals surface area contributed by atoms with Gasteiger partial charge in [0.1, 0.15) is 17.1 Å². The van der Waals surface area contributed by atoms with Crippen LogP contribution in [0.3, 0.4) is 0 Å². The van der Waals surface area contributed by atoms with E-state index in [2.05, 4.69) is 26.8 Å². The van der Waals surface area contributed by atoms with E-state index in [1.165, 1.54) is 29.6 Å². The number of carbonyl (C=O) groups is 2. The van der Waals surface area contributed by atoms with Crippen LogP contribution in [0.1, 0.15) is 79.2 Å². The number of amidine groups is 1. The first-order chi connectivity index (χ1) is 23.0. The second-order valence-electron chi connectivity index (χ2n) is 12.4. The second-order valence-corrected chi connectivity index (χ2v) is 14.0. The van der Waals surface area contributed by atoms with Crippen LogP contribution in [-0.2, 0) is 21.4 Å². The van der Waals surface area contributed by atoms with E-state index < -0.39 is 21.5 Å². The van der Waals surface area contributed by atoms with E-state index in [0.717, 1.165) is 49.9 Å². The van der Waals surface area contributed by atoms with Gasteiger partial charge < -0.3 is 9.42 Å². The highest BCUT2D eigenvalue weighted by Gasteiger charge is 2.49. The molecule has 1 saturated carbocycles. The zero-order valence-corrected chi connectivity index (χ0v) is 28.4. The van der Waals surface area contributed by atoms with Crippen molar-refractivity contribution in [2.24, 2.45) is 4.99 Å². The number of carbonyl (C=O) groups excluding carboxylic acids is 2. The van der Waals surface area contributed by atoms with Gasteiger partial charge in [-0.1, -0.05) is 61.7 Å². The highest BCUT2D eigenvalue weighted by molar-refractivity contribution is 7.92. The molecule has 0 saturated heterocycles. The fourth-order valence-electron chi connectivity index (χ4n) is 6.36. The first kappa shape index (κ1) is 33.0. The SMILES string of the molecule is CCCCC1=NC2(CCCC2)C(=O)N1Cc1ccc(-c2ccccc2S(=O)(=O)Nc2onc(C)c2C)c(N(C)C(=O)c2cnccn2)c1. The first-order valence-corrected chi connectivity index (χ1v) is 17.7. The summed E-state index contributed by atoms with van der Waals surface area (Å²) < 4.78 is 35.4. The lowest BCUT2D eigenvalue weighted by atomic mass is 9.97. The summed E-state index contributed by atoms with van der Waals surface area (Å²) in [5.74, 6) is 0.434. The second kappa shape index (κ2) is 13.3. The summed E-state index contributed by atoms with van der Waals surface area (Å²) in [6.45, 7) is 5.83. The molecule has 1 N–H and O–H groups in total. The predicted molar refractivity (Wildman–Crippen MR) is 182 cm³/mol. The summed E-state index contributed by atoms with van der Waals surface area (Å²) in [7, 11) is -2.55. The number of nitrogens with one attached hydrogen (secondary N) is 1. The van der Waals surface area contributed by atoms with Crippen LogP contribution in [-0.4, -0.2) is 58.7 Å². The standard InChI is InChI=1S/C35H39N7O5S/c1-5-6-13-31-38-35(16-9-10-17-35)34(44)42(31)22-25-14-15-26(29(20-25)41(4)33(43)28-21-36-18-19-37-28)27-11-7-8-12-30(27)48(45,46)40-32-23(2)24(3)39-47-32/h7-8,11-12,14-15,18-21,40H,5-6,9-10,13,16-17,22H2,1-4H3. The van der Waals surface area contributed by atoms with Gasteiger partial charge in [-0.25, -0.2) is 18.1 Å². The van der Waals surface area contributed by atoms with Crippen LogP contribution in [0.15, 0.2) is 75.5 Å². The Morgan fingerprint density at radius 3 is 2.54 bits per heavy atom. The van der Waals surface area contributed by atoms with Gasteiger partial charge in [-0.3, -0.25) is 24.5 Å². The van der Waals surface area contributed by atoms with Crippen molar-refractivity contribution in [3.05, 3.63) is 83.6 Å². The van der Waals surface area contributed by atoms with E-state index in [-0.39, 0.29) is 28.9 Å². The first-order valence-electron chi connectivity index (χ1n) is 16.2. The molecule has 13 heteroatoms. The quantitative estimate of drug-likeness (QED) is 0.202. The van der Waals surface area contributed by atoms with Crippen LogP contribution in [0.25, 0.3) is 11.1 Å². The maximum atomic E-state index is 13.9. The van der Waals surface area contributed by atoms with Crippen molar-refractivity contribution < 1.29 is 22.5 Å². The van der Waals surface area contributed by atoms with E-state index in [4.69, 9.17) is 9.52 Å². The Balaban J connectivity index is 1.42. The summed E-state index contributed by atoms with van der Waals surface area (Å²) in [4.78, 5) is 44.1. The van der Waals surface area contributed by atoms with E-state index in [0.29, 0.717) is 34.5 Å². The fourth-order valence-corrected chi connectivity index (χ4v) is 7.63. The molecule has 12 nitrogen and oxygen atoms in total. The maximum Gasteiger partial charge on any atom is 0.278 e. The van der Waals surface area contributed by atoms with Gasteiger partial charge >= 0.3 is 0 Å². The molecule has 0 unspecified atom stereocenters. The van der Waals surface area contributed by atoms with E-state index in [9.17, 15) is 18.0 Å². The number of hydrogen-bond donors (Lipinski definition) is 1. The van der Waals surface area contributed by atoms with Crippen molar-refractivity contribution in [1.82, 2.24) is 20.0 Å². The van der Waals surface area contributed by atoms with Gasteiger partial charge in [0.25, 0.3) is 21.8 Å². The molecule has 2 aromatic carbocycles. The molecule has 2 aromatic heterocycles. The summed E-state index contributed by atoms with van der Waals surface area (Å²) >= 11 is 0. The molecular weight excluding hydrogens is 630 g/mol. The van der Waals surface area contributed by atoms with Crippen LogP contribution >= 0.6 is 0 Å². The third kappa shape index (κ3) is 6.21. The highest BCUT2D eigenvalue weighted by atomic mass is 32.2. The Morgan fingerprint density at radius 1 is 1.08 bits per heavy atom. The molecule has 2 aliphatic rings. The molecule has 2 amide bonds. The lowest BCUT2D eigenvalue weighted by Crippen LogP contribution is -2.40. The zero-order valence-electron chi connectivity index (χ0n) is 27.6. The van der Waals surface area contributed by atoms with Gasteiger partial charge in [-0.15, -0.1) is 0 Å². The molecule has 250 valence electrons. The normalized spacial score (nSPS) is 15.6. The van der Waals surface area contributed by atoms with E-state index in [1.54, 1.807) is 50.1 Å². The number of hydrogen-bond acceptors (Lipinski definition) is 9. The topological polar surface area (TPSA) is 151 Å². The molecule has 4 aromatic rings. The Labute approximate surface area is 280 Å². The van der Waals surface area contributed by atoms with Crippen LogP contribution in [0.2, 0.25) is 0 Å². The van der Waals surface area contributed by atoms with Crippen molar-refractivity contribution in [3.8, 4) is 11.1 Å². The minimum atomic E-state index is -4.16. The molecule has 0 atom stereocenters. The van der Waals surface area contributed by atoms with Gasteiger partial charge in [-0.05, 0) is 50.8 Å². The average Bonchev–Trinajstić information content (AvgIpc) is 3.78. The van der Waals surface area contributed by atoms with Gasteiger partial charge in [0, 0.05) is 42.6 Å². The lowest BCUT2D eigenvalue weighted by molar-refractivity contribution is -0.131. The number of aromatic nitrogens is 3. The molecule has 6 rings (SSSR count). The Morgan fingerprint density at radius 2 is 1.85 bits per heavy atom. The van der Waals surface area contributed by atoms with Gasteiger partial charge in [0.15, 0.2) is 0 Å². The van der Waals surface area contributed by atoms with Crippen LogP contribution in [0, 0.1) is 13.8 Å². The summed E-state index contributed by atoms with van der Waals surface area (Å²) in [6, 6.07) is 12.0. The Bertz CT molecular complexity index is 1990. The molecule has 48 heavy (non-hydrogen) atoms. The van der Waals surface area contributed by atoms with Crippen molar-refractivity contribution in [3.63, 3.8) is 0 Å². The van der Waals surface area contributed by atoms with Crippen LogP contribution in [0.5, 0.6) is 0 Å². The molecule has 1 aliphatic carbocycles. The van der Waals surface area contributed by atoms with Gasteiger partial charge in [0.2, 0.25) is 5.88 Å². The number of benzene rings is 2. The minimum Gasteiger partial charge on any atom is -0.337 e. The third-order valence-electron chi connectivity index (χ3n) is 9.18. The average molecular weight is 670 g/mol. The largest absolute Gasteiger partial charge is 0.337 e. The number of amides is 2. The molecular formula is C35H39N7O5S. The minimum absolute atomic E-state index is 0.0142. The van der Waals surface area contributed by atoms with Gasteiger partial charge in [0.05, 0.1) is 29.0 Å². The smallest absolute Gasteiger partial charge is 0.278 e. The summed E-state index contributed by atoms with van der Waals surface area (Å²) in [6.07, 6.45) is 10.4. The van der Waals surface area contributed by atoms with Crippen LogP contribution in [0.4, 0.5) is 11.6 Å². The third-order valence-corrected chi connectivity index (χ3v) is 10.6. The number of aryl methyl sites for hydroxylation is 1. The van der Waals surface area contributed by atoms with Crippen molar-refractivity contribution in [1.29, 1.82) is 0 Å². The van der Waals surface area contributed by atoms with E-state index in [1.807, 2.05) is 12.1 Å². The number of nitrogens with zero attached hydrogens (tertiary/aromatic N) is 6. The van der Waals surface area contributed by atoms with Crippen molar-refractivity contribution in [2.45, 2.75) is 82.7 Å². The Hall–Kier alpha value is -4.91. The molecule has 1 aliphatic heterocycles. The van der Waals surface area contributed by atoms with Gasteiger partial charge in [-0.2, -0.15) is 0 Å². The molecule has 0 bridgehead atoms. The van der Waals surface area contributed by atoms with Crippen LogP contribution < -0.4 is 9.62 Å². The number of unbranched alkanes of at least 4 members (excludes halogenated alkanes) is 1. The number of aliphatic imine (C=N–C) groups is 1. The Kier molecular flexibility index (Phi) is 9.15. The molecule has 1 spiro atoms. The van der Waals surface area contributed by atoms with E-state index >= 15 is 0 Å². The maximum absolute atomic E-state index is 13.9. The monoisotopic (exact) mass is 669 g/mol. The van der Waals surface area contributed by atoms with Crippen molar-refractivity contribution in [2.75, 3.05) is 16.7 Å². The molecule has 1 fully saturated rings. The highest BCUT2D eigenvalue weighted by Crippen LogP contribution is 2.41. The number of sulfonamides is 1. The zero-order chi connectivity index (χ0) is 34.1. The molecule has 0 radical (unpaired) electrons. The lowest BCUT2D eigenvalue weighted by Gasteiger charge is -2.25. The molecule has 3 heterocycles. The fraction of sp³-hybridized carbons (Fsp3) is 0.371. The number of anilines is 2. The van der Waals surface area contributed by atoms with Crippen molar-refractivity contribution >= 4 is 39.2 Å². The number of rotatable bonds is 11. The summed E-state index contributed by atoms with van der Waals surface area (Å²) in [5, 5.41) is 3.87. The predicted octanol–water partition coefficient (Wildman–Crippen LogP) is 6.07. The summed E-state index contributed by atoms with van der Waals surface area (Å²) in [5.41, 5.74) is 2.66.